The molecule has 0 radical (unpaired) electrons. The van der Waals surface area contributed by atoms with E-state index in [-0.39, 0.29) is 11.7 Å². The largest absolute Gasteiger partial charge is 0.481 e. The number of aliphatic carboxylic acids is 1. The van der Waals surface area contributed by atoms with Gasteiger partial charge in [0.1, 0.15) is 5.82 Å². The lowest BCUT2D eigenvalue weighted by Crippen LogP contribution is -2.38. The maximum Gasteiger partial charge on any atom is 0.310 e. The van der Waals surface area contributed by atoms with Gasteiger partial charge in [-0.3, -0.25) is 4.79 Å². The number of hydrogen-bond donors (Lipinski definition) is 1. The van der Waals surface area contributed by atoms with Crippen LogP contribution in [0.15, 0.2) is 22.7 Å². The summed E-state index contributed by atoms with van der Waals surface area (Å²) in [5.41, 5.74) is 0.264. The first kappa shape index (κ1) is 13.1. The van der Waals surface area contributed by atoms with E-state index in [0.29, 0.717) is 16.8 Å². The quantitative estimate of drug-likeness (QED) is 0.910. The Morgan fingerprint density at radius 1 is 1.47 bits per heavy atom. The van der Waals surface area contributed by atoms with Crippen molar-refractivity contribution >= 4 is 21.9 Å². The van der Waals surface area contributed by atoms with Crippen LogP contribution < -0.4 is 0 Å². The zero-order valence-corrected chi connectivity index (χ0v) is 12.1. The fourth-order valence-electron chi connectivity index (χ4n) is 4.00. The molecular weight excluding hydrogens is 311 g/mol. The van der Waals surface area contributed by atoms with Crippen molar-refractivity contribution in [1.29, 1.82) is 0 Å². The van der Waals surface area contributed by atoms with Crippen molar-refractivity contribution in [2.24, 2.45) is 17.3 Å². The van der Waals surface area contributed by atoms with Crippen molar-refractivity contribution in [2.45, 2.75) is 32.1 Å². The monoisotopic (exact) mass is 326 g/mol. The highest BCUT2D eigenvalue weighted by Gasteiger charge is 2.55. The maximum absolute atomic E-state index is 13.1. The minimum Gasteiger partial charge on any atom is -0.481 e. The van der Waals surface area contributed by atoms with Crippen molar-refractivity contribution in [3.05, 3.63) is 34.1 Å². The van der Waals surface area contributed by atoms with E-state index in [2.05, 4.69) is 15.9 Å². The molecule has 19 heavy (non-hydrogen) atoms. The second-order valence-corrected chi connectivity index (χ2v) is 6.81. The second kappa shape index (κ2) is 4.58. The molecule has 0 amide bonds. The van der Waals surface area contributed by atoms with E-state index >= 15 is 0 Å². The normalized spacial score (nSPS) is 32.7. The standard InChI is InChI=1S/C15H16BrFO2/c16-13-6-12(17)4-2-10(13)8-15(14(18)19)7-9-1-3-11(15)5-9/h2,4,6,9,11H,1,3,5,7-8H2,(H,18,19). The number of carbonyl (C=O) groups is 1. The Labute approximate surface area is 120 Å². The van der Waals surface area contributed by atoms with Gasteiger partial charge in [0, 0.05) is 4.47 Å². The molecule has 2 aliphatic carbocycles. The minimum atomic E-state index is -0.684. The van der Waals surface area contributed by atoms with Crippen molar-refractivity contribution in [2.75, 3.05) is 0 Å². The summed E-state index contributed by atoms with van der Waals surface area (Å²) in [6.07, 6.45) is 4.52. The first-order valence-electron chi connectivity index (χ1n) is 6.68. The van der Waals surface area contributed by atoms with Gasteiger partial charge in [-0.25, -0.2) is 4.39 Å². The lowest BCUT2D eigenvalue weighted by molar-refractivity contribution is -0.152. The molecule has 2 aliphatic rings. The Balaban J connectivity index is 1.93. The average molecular weight is 327 g/mol. The van der Waals surface area contributed by atoms with Gasteiger partial charge in [-0.05, 0) is 55.2 Å². The first-order valence-corrected chi connectivity index (χ1v) is 7.48. The zero-order chi connectivity index (χ0) is 13.6. The molecule has 4 heteroatoms. The topological polar surface area (TPSA) is 37.3 Å². The van der Waals surface area contributed by atoms with Gasteiger partial charge in [0.15, 0.2) is 0 Å². The third-order valence-corrected chi connectivity index (χ3v) is 5.66. The summed E-state index contributed by atoms with van der Waals surface area (Å²) in [6, 6.07) is 4.52. The van der Waals surface area contributed by atoms with Gasteiger partial charge in [-0.1, -0.05) is 28.4 Å². The molecule has 3 unspecified atom stereocenters. The van der Waals surface area contributed by atoms with Gasteiger partial charge in [-0.2, -0.15) is 0 Å². The molecule has 2 fully saturated rings. The number of benzene rings is 1. The number of rotatable bonds is 3. The van der Waals surface area contributed by atoms with E-state index in [1.54, 1.807) is 6.07 Å². The molecule has 0 aromatic heterocycles. The molecule has 0 saturated heterocycles. The molecule has 1 aromatic rings. The third-order valence-electron chi connectivity index (χ3n) is 4.92. The van der Waals surface area contributed by atoms with Crippen LogP contribution in [0.2, 0.25) is 0 Å². The molecular formula is C15H16BrFO2. The Kier molecular flexibility index (Phi) is 3.16. The van der Waals surface area contributed by atoms with E-state index in [1.807, 2.05) is 0 Å². The second-order valence-electron chi connectivity index (χ2n) is 5.95. The van der Waals surface area contributed by atoms with Crippen LogP contribution in [0.4, 0.5) is 4.39 Å². The van der Waals surface area contributed by atoms with E-state index in [1.165, 1.54) is 18.6 Å². The van der Waals surface area contributed by atoms with Gasteiger partial charge in [0.25, 0.3) is 0 Å². The average Bonchev–Trinajstić information content (AvgIpc) is 2.93. The molecule has 2 bridgehead atoms. The molecule has 3 rings (SSSR count). The third kappa shape index (κ3) is 2.10. The Bertz CT molecular complexity index is 531. The molecule has 1 N–H and O–H groups in total. The smallest absolute Gasteiger partial charge is 0.310 e. The number of carboxylic acids is 1. The molecule has 1 aromatic carbocycles. The zero-order valence-electron chi connectivity index (χ0n) is 10.5. The van der Waals surface area contributed by atoms with Gasteiger partial charge >= 0.3 is 5.97 Å². The van der Waals surface area contributed by atoms with Crippen molar-refractivity contribution in [3.63, 3.8) is 0 Å². The summed E-state index contributed by atoms with van der Waals surface area (Å²) in [4.78, 5) is 11.8. The molecule has 2 nitrogen and oxygen atoms in total. The number of fused-ring (bicyclic) bond motifs is 2. The summed E-state index contributed by atoms with van der Waals surface area (Å²) < 4.78 is 13.8. The van der Waals surface area contributed by atoms with Crippen molar-refractivity contribution < 1.29 is 14.3 Å². The van der Waals surface area contributed by atoms with Crippen LogP contribution in [0.5, 0.6) is 0 Å². The lowest BCUT2D eigenvalue weighted by Gasteiger charge is -2.34. The van der Waals surface area contributed by atoms with Crippen molar-refractivity contribution in [3.8, 4) is 0 Å². The Morgan fingerprint density at radius 2 is 2.26 bits per heavy atom. The number of carboxylic acid groups (broad SMARTS) is 1. The van der Waals surface area contributed by atoms with Crippen LogP contribution in [0.3, 0.4) is 0 Å². The first-order chi connectivity index (χ1) is 9.01. The van der Waals surface area contributed by atoms with Crippen LogP contribution >= 0.6 is 15.9 Å². The predicted molar refractivity (Wildman–Crippen MR) is 73.3 cm³/mol. The lowest BCUT2D eigenvalue weighted by atomic mass is 9.69. The number of halogens is 2. The van der Waals surface area contributed by atoms with Crippen LogP contribution in [0.25, 0.3) is 0 Å². The van der Waals surface area contributed by atoms with Gasteiger partial charge in [0.05, 0.1) is 5.41 Å². The molecule has 2 saturated carbocycles. The van der Waals surface area contributed by atoms with E-state index in [9.17, 15) is 14.3 Å². The molecule has 3 atom stereocenters. The van der Waals surface area contributed by atoms with E-state index < -0.39 is 11.4 Å². The summed E-state index contributed by atoms with van der Waals surface area (Å²) >= 11 is 3.35. The predicted octanol–water partition coefficient (Wildman–Crippen LogP) is 4.02. The van der Waals surface area contributed by atoms with E-state index in [4.69, 9.17) is 0 Å². The Morgan fingerprint density at radius 3 is 2.79 bits per heavy atom. The summed E-state index contributed by atoms with van der Waals surface area (Å²) in [7, 11) is 0. The SMILES string of the molecule is O=C(O)C1(Cc2ccc(F)cc2Br)CC2CCC1C2. The fraction of sp³-hybridized carbons (Fsp3) is 0.533. The summed E-state index contributed by atoms with van der Waals surface area (Å²) in [5.74, 6) is -0.129. The number of hydrogen-bond acceptors (Lipinski definition) is 1. The highest BCUT2D eigenvalue weighted by molar-refractivity contribution is 9.10. The van der Waals surface area contributed by atoms with E-state index in [0.717, 1.165) is 24.8 Å². The van der Waals surface area contributed by atoms with Crippen LogP contribution in [-0.2, 0) is 11.2 Å². The highest BCUT2D eigenvalue weighted by Crippen LogP contribution is 2.57. The molecule has 0 heterocycles. The highest BCUT2D eigenvalue weighted by atomic mass is 79.9. The minimum absolute atomic E-state index is 0.284. The Hall–Kier alpha value is -0.900. The molecule has 0 spiro atoms. The van der Waals surface area contributed by atoms with Crippen molar-refractivity contribution in [1.82, 2.24) is 0 Å². The summed E-state index contributed by atoms with van der Waals surface area (Å²) in [5, 5.41) is 9.70. The van der Waals surface area contributed by atoms with Gasteiger partial charge in [-0.15, -0.1) is 0 Å². The molecule has 0 aliphatic heterocycles. The fourth-order valence-corrected chi connectivity index (χ4v) is 4.49. The van der Waals surface area contributed by atoms with Crippen LogP contribution in [-0.4, -0.2) is 11.1 Å². The maximum atomic E-state index is 13.1. The summed E-state index contributed by atoms with van der Waals surface area (Å²) in [6.45, 7) is 0. The van der Waals surface area contributed by atoms with Gasteiger partial charge in [0.2, 0.25) is 0 Å². The molecule has 102 valence electrons. The van der Waals surface area contributed by atoms with Gasteiger partial charge < -0.3 is 5.11 Å². The van der Waals surface area contributed by atoms with Crippen LogP contribution in [0.1, 0.15) is 31.2 Å². The van der Waals surface area contributed by atoms with Crippen LogP contribution in [0, 0.1) is 23.1 Å².